The number of nitrogens with zero attached hydrogens (tertiary/aromatic N) is 1. The van der Waals surface area contributed by atoms with Gasteiger partial charge >= 0.3 is 0 Å². The van der Waals surface area contributed by atoms with Crippen LogP contribution >= 0.6 is 0 Å². The molecule has 0 saturated carbocycles. The number of furan rings is 1. The van der Waals surface area contributed by atoms with Crippen molar-refractivity contribution in [1.29, 1.82) is 0 Å². The van der Waals surface area contributed by atoms with Crippen LogP contribution in [0.3, 0.4) is 0 Å². The Labute approximate surface area is 134 Å². The average Bonchev–Trinajstić information content (AvgIpc) is 3.14. The zero-order valence-electron chi connectivity index (χ0n) is 12.4. The molecule has 0 spiro atoms. The SMILES string of the molecule is O=C=NC(OCc1ccco1)(c1ccccc1)c1ccccc1. The van der Waals surface area contributed by atoms with Crippen molar-refractivity contribution in [2.75, 3.05) is 0 Å². The quantitative estimate of drug-likeness (QED) is 0.510. The van der Waals surface area contributed by atoms with Gasteiger partial charge < -0.3 is 9.15 Å². The van der Waals surface area contributed by atoms with Crippen molar-refractivity contribution < 1.29 is 13.9 Å². The lowest BCUT2D eigenvalue weighted by Crippen LogP contribution is -2.29. The minimum absolute atomic E-state index is 0.183. The van der Waals surface area contributed by atoms with Crippen LogP contribution in [-0.2, 0) is 21.9 Å². The molecule has 4 heteroatoms. The number of ether oxygens (including phenoxy) is 1. The van der Waals surface area contributed by atoms with Crippen LogP contribution in [0.15, 0.2) is 88.5 Å². The van der Waals surface area contributed by atoms with Crippen LogP contribution in [-0.4, -0.2) is 6.08 Å². The van der Waals surface area contributed by atoms with Crippen LogP contribution in [0.2, 0.25) is 0 Å². The van der Waals surface area contributed by atoms with E-state index in [9.17, 15) is 4.79 Å². The van der Waals surface area contributed by atoms with Crippen LogP contribution in [0.5, 0.6) is 0 Å². The predicted molar refractivity (Wildman–Crippen MR) is 85.3 cm³/mol. The summed E-state index contributed by atoms with van der Waals surface area (Å²) >= 11 is 0. The molecule has 0 aliphatic heterocycles. The standard InChI is InChI=1S/C19H15NO3/c21-15-20-19(16-8-3-1-4-9-16,17-10-5-2-6-11-17)23-14-18-12-7-13-22-18/h1-13H,14H2. The molecule has 3 rings (SSSR count). The van der Waals surface area contributed by atoms with Crippen molar-refractivity contribution in [1.82, 2.24) is 0 Å². The molecule has 0 radical (unpaired) electrons. The lowest BCUT2D eigenvalue weighted by atomic mass is 9.94. The van der Waals surface area contributed by atoms with Gasteiger partial charge in [0.15, 0.2) is 0 Å². The van der Waals surface area contributed by atoms with Crippen molar-refractivity contribution >= 4 is 6.08 Å². The molecule has 23 heavy (non-hydrogen) atoms. The first-order valence-corrected chi connectivity index (χ1v) is 7.21. The molecule has 2 aromatic carbocycles. The first-order chi connectivity index (χ1) is 11.3. The monoisotopic (exact) mass is 305 g/mol. The molecule has 0 atom stereocenters. The van der Waals surface area contributed by atoms with Crippen molar-refractivity contribution in [3.63, 3.8) is 0 Å². The van der Waals surface area contributed by atoms with Crippen LogP contribution in [0.4, 0.5) is 0 Å². The number of carbonyl (C=O) groups excluding carboxylic acids is 1. The van der Waals surface area contributed by atoms with Gasteiger partial charge in [0.25, 0.3) is 0 Å². The summed E-state index contributed by atoms with van der Waals surface area (Å²) in [6.45, 7) is 0.183. The Bertz CT molecular complexity index is 737. The maximum atomic E-state index is 11.1. The van der Waals surface area contributed by atoms with Gasteiger partial charge in [0.2, 0.25) is 11.8 Å². The molecule has 0 saturated heterocycles. The number of hydrogen-bond donors (Lipinski definition) is 0. The number of rotatable bonds is 6. The fourth-order valence-electron chi connectivity index (χ4n) is 2.46. The molecule has 0 amide bonds. The highest BCUT2D eigenvalue weighted by molar-refractivity contribution is 5.43. The van der Waals surface area contributed by atoms with Gasteiger partial charge in [0, 0.05) is 11.1 Å². The molecular weight excluding hydrogens is 290 g/mol. The molecule has 0 aliphatic carbocycles. The van der Waals surface area contributed by atoms with Gasteiger partial charge in [0.05, 0.1) is 6.26 Å². The Morgan fingerprint density at radius 2 is 1.52 bits per heavy atom. The normalized spacial score (nSPS) is 11.0. The first-order valence-electron chi connectivity index (χ1n) is 7.21. The Hall–Kier alpha value is -2.94. The van der Waals surface area contributed by atoms with Crippen molar-refractivity contribution in [3.05, 3.63) is 95.9 Å². The third kappa shape index (κ3) is 3.14. The third-order valence-electron chi connectivity index (χ3n) is 3.54. The maximum absolute atomic E-state index is 11.1. The lowest BCUT2D eigenvalue weighted by Gasteiger charge is -2.29. The summed E-state index contributed by atoms with van der Waals surface area (Å²) in [5.41, 5.74) is 0.249. The molecule has 0 fully saturated rings. The van der Waals surface area contributed by atoms with Gasteiger partial charge in [-0.25, -0.2) is 4.79 Å². The zero-order valence-corrected chi connectivity index (χ0v) is 12.4. The van der Waals surface area contributed by atoms with E-state index in [2.05, 4.69) is 4.99 Å². The number of hydrogen-bond acceptors (Lipinski definition) is 4. The third-order valence-corrected chi connectivity index (χ3v) is 3.54. The van der Waals surface area contributed by atoms with Crippen LogP contribution in [0.1, 0.15) is 16.9 Å². The highest BCUT2D eigenvalue weighted by Gasteiger charge is 2.35. The highest BCUT2D eigenvalue weighted by atomic mass is 16.5. The van der Waals surface area contributed by atoms with Gasteiger partial charge in [-0.3, -0.25) is 0 Å². The molecule has 1 heterocycles. The van der Waals surface area contributed by atoms with Gasteiger partial charge in [-0.2, -0.15) is 4.99 Å². The van der Waals surface area contributed by atoms with Crippen molar-refractivity contribution in [2.45, 2.75) is 12.3 Å². The summed E-state index contributed by atoms with van der Waals surface area (Å²) in [7, 11) is 0. The topological polar surface area (TPSA) is 51.8 Å². The number of benzene rings is 2. The fourth-order valence-corrected chi connectivity index (χ4v) is 2.46. The smallest absolute Gasteiger partial charge is 0.238 e. The summed E-state index contributed by atoms with van der Waals surface area (Å²) in [6.07, 6.45) is 3.23. The van der Waals surface area contributed by atoms with E-state index < -0.39 is 5.72 Å². The summed E-state index contributed by atoms with van der Waals surface area (Å²) < 4.78 is 11.4. The fraction of sp³-hybridized carbons (Fsp3) is 0.105. The molecule has 0 bridgehead atoms. The second-order valence-corrected chi connectivity index (χ2v) is 4.95. The van der Waals surface area contributed by atoms with Gasteiger partial charge in [0.1, 0.15) is 12.4 Å². The van der Waals surface area contributed by atoms with E-state index in [1.807, 2.05) is 66.7 Å². The molecule has 3 aromatic rings. The van der Waals surface area contributed by atoms with Crippen LogP contribution in [0, 0.1) is 0 Å². The molecule has 0 N–H and O–H groups in total. The van der Waals surface area contributed by atoms with E-state index in [0.29, 0.717) is 5.76 Å². The van der Waals surface area contributed by atoms with Crippen molar-refractivity contribution in [2.24, 2.45) is 4.99 Å². The summed E-state index contributed by atoms with van der Waals surface area (Å²) in [6, 6.07) is 22.4. The largest absolute Gasteiger partial charge is 0.467 e. The second-order valence-electron chi connectivity index (χ2n) is 4.95. The molecule has 1 aromatic heterocycles. The first kappa shape index (κ1) is 15.0. The van der Waals surface area contributed by atoms with Gasteiger partial charge in [-0.05, 0) is 12.1 Å². The zero-order chi connectivity index (χ0) is 16.0. The van der Waals surface area contributed by atoms with E-state index in [1.54, 1.807) is 18.4 Å². The average molecular weight is 305 g/mol. The van der Waals surface area contributed by atoms with E-state index in [0.717, 1.165) is 11.1 Å². The highest BCUT2D eigenvalue weighted by Crippen LogP contribution is 2.35. The minimum atomic E-state index is -1.25. The molecule has 0 unspecified atom stereocenters. The summed E-state index contributed by atoms with van der Waals surface area (Å²) in [5, 5.41) is 0. The van der Waals surface area contributed by atoms with Gasteiger partial charge in [-0.1, -0.05) is 60.7 Å². The minimum Gasteiger partial charge on any atom is -0.467 e. The molecule has 114 valence electrons. The van der Waals surface area contributed by atoms with Crippen LogP contribution in [0.25, 0.3) is 0 Å². The van der Waals surface area contributed by atoms with E-state index >= 15 is 0 Å². The van der Waals surface area contributed by atoms with Crippen molar-refractivity contribution in [3.8, 4) is 0 Å². The van der Waals surface area contributed by atoms with E-state index in [1.165, 1.54) is 0 Å². The second kappa shape index (κ2) is 6.88. The molecule has 4 nitrogen and oxygen atoms in total. The molecule has 0 aliphatic rings. The maximum Gasteiger partial charge on any atom is 0.238 e. The number of aliphatic imine (C=N–C) groups is 1. The van der Waals surface area contributed by atoms with E-state index in [4.69, 9.17) is 9.15 Å². The Kier molecular flexibility index (Phi) is 4.48. The number of isocyanates is 1. The Morgan fingerprint density at radius 1 is 0.913 bits per heavy atom. The Balaban J connectivity index is 2.08. The Morgan fingerprint density at radius 3 is 2.00 bits per heavy atom. The van der Waals surface area contributed by atoms with E-state index in [-0.39, 0.29) is 6.61 Å². The molecular formula is C19H15NO3. The summed E-state index contributed by atoms with van der Waals surface area (Å²) in [5.74, 6) is 0.655. The lowest BCUT2D eigenvalue weighted by molar-refractivity contribution is -0.0311. The predicted octanol–water partition coefficient (Wildman–Crippen LogP) is 4.03. The van der Waals surface area contributed by atoms with Gasteiger partial charge in [-0.15, -0.1) is 0 Å². The van der Waals surface area contributed by atoms with Crippen LogP contribution < -0.4 is 0 Å². The summed E-state index contributed by atoms with van der Waals surface area (Å²) in [4.78, 5) is 15.2.